The third kappa shape index (κ3) is 4.24. The number of hydrogen-bond acceptors (Lipinski definition) is 6. The van der Waals surface area contributed by atoms with Gasteiger partial charge < -0.3 is 10.6 Å². The maximum Gasteiger partial charge on any atom is 0.228 e. The fraction of sp³-hybridized carbons (Fsp3) is 0.105. The largest absolute Gasteiger partial charge is 0.350 e. The zero-order valence-electron chi connectivity index (χ0n) is 14.7. The summed E-state index contributed by atoms with van der Waals surface area (Å²) >= 11 is 6.01. The summed E-state index contributed by atoms with van der Waals surface area (Å²) in [5, 5.41) is 19.2. The quantitative estimate of drug-likeness (QED) is 0.522. The number of anilines is 2. The molecule has 2 N–H and O–H groups in total. The van der Waals surface area contributed by atoms with Crippen LogP contribution in [0.5, 0.6) is 0 Å². The summed E-state index contributed by atoms with van der Waals surface area (Å²) in [6, 6.07) is 16.4. The van der Waals surface area contributed by atoms with Crippen LogP contribution in [-0.4, -0.2) is 30.7 Å². The van der Waals surface area contributed by atoms with E-state index in [0.29, 0.717) is 28.9 Å². The van der Waals surface area contributed by atoms with Gasteiger partial charge in [0, 0.05) is 16.9 Å². The number of amides is 1. The Kier molecular flexibility index (Phi) is 5.11. The zero-order chi connectivity index (χ0) is 19.3. The van der Waals surface area contributed by atoms with Crippen LogP contribution in [0.15, 0.2) is 60.8 Å². The molecule has 1 amide bonds. The molecule has 1 aromatic carbocycles. The van der Waals surface area contributed by atoms with Gasteiger partial charge in [-0.2, -0.15) is 4.52 Å². The highest BCUT2D eigenvalue weighted by atomic mass is 35.5. The molecule has 4 aromatic rings. The van der Waals surface area contributed by atoms with E-state index >= 15 is 0 Å². The summed E-state index contributed by atoms with van der Waals surface area (Å²) in [6.45, 7) is 0.353. The van der Waals surface area contributed by atoms with Crippen molar-refractivity contribution in [3.05, 3.63) is 77.3 Å². The van der Waals surface area contributed by atoms with Crippen molar-refractivity contribution in [1.82, 2.24) is 30.1 Å². The van der Waals surface area contributed by atoms with E-state index in [-0.39, 0.29) is 12.3 Å². The second kappa shape index (κ2) is 8.01. The lowest BCUT2D eigenvalue weighted by atomic mass is 10.3. The Balaban J connectivity index is 1.47. The normalized spacial score (nSPS) is 10.8. The number of nitrogens with zero attached hydrogens (tertiary/aromatic N) is 5. The molecule has 0 aliphatic heterocycles. The molecule has 0 fully saturated rings. The monoisotopic (exact) mass is 393 g/mol. The van der Waals surface area contributed by atoms with E-state index < -0.39 is 0 Å². The van der Waals surface area contributed by atoms with Gasteiger partial charge in [-0.15, -0.1) is 15.3 Å². The van der Waals surface area contributed by atoms with E-state index in [4.69, 9.17) is 11.6 Å². The van der Waals surface area contributed by atoms with Crippen LogP contribution in [0.3, 0.4) is 0 Å². The standard InChI is InChI=1S/C19H16ClN7O/c20-13-4-3-6-14(10-13)23-16-7-8-17-24-25-18(27(17)26-16)11-19(28)22-12-15-5-1-2-9-21-15/h1-10H,11-12H2,(H,22,28)(H,23,26). The van der Waals surface area contributed by atoms with Crippen molar-refractivity contribution in [2.24, 2.45) is 0 Å². The van der Waals surface area contributed by atoms with Crippen LogP contribution in [0.4, 0.5) is 11.5 Å². The molecule has 0 atom stereocenters. The van der Waals surface area contributed by atoms with Gasteiger partial charge in [0.05, 0.1) is 18.7 Å². The number of carbonyl (C=O) groups excluding carboxylic acids is 1. The molecule has 0 saturated carbocycles. The molecular weight excluding hydrogens is 378 g/mol. The van der Waals surface area contributed by atoms with Gasteiger partial charge in [0.25, 0.3) is 0 Å². The molecule has 0 spiro atoms. The molecule has 0 unspecified atom stereocenters. The Hall–Kier alpha value is -3.52. The van der Waals surface area contributed by atoms with Crippen LogP contribution in [0.1, 0.15) is 11.5 Å². The third-order valence-corrected chi connectivity index (χ3v) is 4.17. The molecule has 0 aliphatic rings. The third-order valence-electron chi connectivity index (χ3n) is 3.94. The Labute approximate surface area is 165 Å². The van der Waals surface area contributed by atoms with Crippen molar-refractivity contribution in [3.63, 3.8) is 0 Å². The van der Waals surface area contributed by atoms with Gasteiger partial charge in [-0.3, -0.25) is 9.78 Å². The molecule has 0 aliphatic carbocycles. The first-order valence-corrected chi connectivity index (χ1v) is 8.96. The lowest BCUT2D eigenvalue weighted by Crippen LogP contribution is -2.26. The Morgan fingerprint density at radius 3 is 2.82 bits per heavy atom. The molecule has 4 rings (SSSR count). The zero-order valence-corrected chi connectivity index (χ0v) is 15.5. The molecule has 140 valence electrons. The van der Waals surface area contributed by atoms with E-state index in [1.165, 1.54) is 0 Å². The molecule has 8 nitrogen and oxygen atoms in total. The summed E-state index contributed by atoms with van der Waals surface area (Å²) < 4.78 is 1.55. The van der Waals surface area contributed by atoms with Gasteiger partial charge in [0.2, 0.25) is 5.91 Å². The van der Waals surface area contributed by atoms with Gasteiger partial charge in [-0.1, -0.05) is 23.7 Å². The Morgan fingerprint density at radius 2 is 2.00 bits per heavy atom. The van der Waals surface area contributed by atoms with Crippen LogP contribution in [-0.2, 0) is 17.8 Å². The number of fused-ring (bicyclic) bond motifs is 1. The first-order valence-electron chi connectivity index (χ1n) is 8.58. The number of benzene rings is 1. The molecule has 3 aromatic heterocycles. The average Bonchev–Trinajstić information content (AvgIpc) is 3.09. The van der Waals surface area contributed by atoms with Crippen LogP contribution in [0.25, 0.3) is 5.65 Å². The molecule has 9 heteroatoms. The lowest BCUT2D eigenvalue weighted by molar-refractivity contribution is -0.120. The summed E-state index contributed by atoms with van der Waals surface area (Å²) in [5.74, 6) is 0.850. The minimum Gasteiger partial charge on any atom is -0.350 e. The highest BCUT2D eigenvalue weighted by Gasteiger charge is 2.12. The van der Waals surface area contributed by atoms with E-state index in [1.54, 1.807) is 35.0 Å². The topological polar surface area (TPSA) is 97.1 Å². The minimum absolute atomic E-state index is 0.0572. The predicted octanol–water partition coefficient (Wildman–Crippen LogP) is 2.78. The van der Waals surface area contributed by atoms with Crippen molar-refractivity contribution >= 4 is 34.7 Å². The van der Waals surface area contributed by atoms with Gasteiger partial charge in [-0.05, 0) is 42.5 Å². The Morgan fingerprint density at radius 1 is 1.07 bits per heavy atom. The number of aromatic nitrogens is 5. The molecule has 0 bridgehead atoms. The fourth-order valence-electron chi connectivity index (χ4n) is 2.62. The SMILES string of the molecule is O=C(Cc1nnc2ccc(Nc3cccc(Cl)c3)nn12)NCc1ccccn1. The summed E-state index contributed by atoms with van der Waals surface area (Å²) in [5.41, 5.74) is 2.15. The second-order valence-corrected chi connectivity index (χ2v) is 6.45. The van der Waals surface area contributed by atoms with Gasteiger partial charge in [0.1, 0.15) is 0 Å². The number of nitrogens with one attached hydrogen (secondary N) is 2. The fourth-order valence-corrected chi connectivity index (χ4v) is 2.81. The molecule has 3 heterocycles. The minimum atomic E-state index is -0.185. The molecule has 28 heavy (non-hydrogen) atoms. The van der Waals surface area contributed by atoms with E-state index in [0.717, 1.165) is 11.4 Å². The van der Waals surface area contributed by atoms with Crippen molar-refractivity contribution in [2.45, 2.75) is 13.0 Å². The van der Waals surface area contributed by atoms with E-state index in [2.05, 4.69) is 30.9 Å². The average molecular weight is 394 g/mol. The first kappa shape index (κ1) is 17.9. The number of hydrogen-bond donors (Lipinski definition) is 2. The van der Waals surface area contributed by atoms with Crippen molar-refractivity contribution in [2.75, 3.05) is 5.32 Å². The van der Waals surface area contributed by atoms with E-state index in [1.807, 2.05) is 30.3 Å². The number of carbonyl (C=O) groups is 1. The Bertz CT molecular complexity index is 1110. The smallest absolute Gasteiger partial charge is 0.228 e. The second-order valence-electron chi connectivity index (χ2n) is 6.01. The van der Waals surface area contributed by atoms with Gasteiger partial charge >= 0.3 is 0 Å². The molecular formula is C19H16ClN7O. The van der Waals surface area contributed by atoms with Crippen LogP contribution in [0, 0.1) is 0 Å². The molecule has 0 saturated heterocycles. The predicted molar refractivity (Wildman–Crippen MR) is 105 cm³/mol. The van der Waals surface area contributed by atoms with Crippen molar-refractivity contribution in [1.29, 1.82) is 0 Å². The van der Waals surface area contributed by atoms with Crippen LogP contribution < -0.4 is 10.6 Å². The van der Waals surface area contributed by atoms with Crippen molar-refractivity contribution < 1.29 is 4.79 Å². The maximum absolute atomic E-state index is 12.3. The van der Waals surface area contributed by atoms with Crippen LogP contribution >= 0.6 is 11.6 Å². The summed E-state index contributed by atoms with van der Waals surface area (Å²) in [6.07, 6.45) is 1.74. The maximum atomic E-state index is 12.3. The van der Waals surface area contributed by atoms with Crippen molar-refractivity contribution in [3.8, 4) is 0 Å². The highest BCUT2D eigenvalue weighted by Crippen LogP contribution is 2.19. The number of rotatable bonds is 6. The van der Waals surface area contributed by atoms with Gasteiger partial charge in [-0.25, -0.2) is 0 Å². The molecule has 0 radical (unpaired) electrons. The van der Waals surface area contributed by atoms with Crippen LogP contribution in [0.2, 0.25) is 5.02 Å². The number of pyridine rings is 1. The van der Waals surface area contributed by atoms with E-state index in [9.17, 15) is 4.79 Å². The lowest BCUT2D eigenvalue weighted by Gasteiger charge is -2.07. The number of halogens is 1. The first-order chi connectivity index (χ1) is 13.7. The highest BCUT2D eigenvalue weighted by molar-refractivity contribution is 6.30. The summed E-state index contributed by atoms with van der Waals surface area (Å²) in [7, 11) is 0. The summed E-state index contributed by atoms with van der Waals surface area (Å²) in [4.78, 5) is 16.4. The van der Waals surface area contributed by atoms with Gasteiger partial charge in [0.15, 0.2) is 17.3 Å².